The number of nitriles is 1. The highest BCUT2D eigenvalue weighted by Crippen LogP contribution is 2.45. The number of nitrogens with one attached hydrogen (secondary N) is 1. The van der Waals surface area contributed by atoms with E-state index in [1.165, 1.54) is 0 Å². The fraction of sp³-hybridized carbons (Fsp3) is 0.0435. The van der Waals surface area contributed by atoms with E-state index in [0.29, 0.717) is 32.8 Å². The maximum atomic E-state index is 12.7. The first-order valence-corrected chi connectivity index (χ1v) is 9.70. The van der Waals surface area contributed by atoms with Crippen LogP contribution in [-0.4, -0.2) is 11.8 Å². The quantitative estimate of drug-likeness (QED) is 0.459. The van der Waals surface area contributed by atoms with Gasteiger partial charge in [0.2, 0.25) is 6.79 Å². The lowest BCUT2D eigenvalue weighted by Crippen LogP contribution is -2.12. The van der Waals surface area contributed by atoms with Crippen LogP contribution in [0.4, 0.5) is 0 Å². The van der Waals surface area contributed by atoms with E-state index in [0.717, 1.165) is 16.3 Å². The Labute approximate surface area is 174 Å². The summed E-state index contributed by atoms with van der Waals surface area (Å²) in [5.41, 5.74) is 2.35. The molecule has 0 aliphatic carbocycles. The Bertz CT molecular complexity index is 1390. The molecule has 0 atom stereocenters. The van der Waals surface area contributed by atoms with Crippen LogP contribution < -0.4 is 15.0 Å². The van der Waals surface area contributed by atoms with E-state index in [9.17, 15) is 10.1 Å². The molecule has 1 aliphatic heterocycles. The minimum Gasteiger partial charge on any atom is -0.454 e. The van der Waals surface area contributed by atoms with Gasteiger partial charge in [0.05, 0.1) is 4.47 Å². The fourth-order valence-electron chi connectivity index (χ4n) is 3.54. The Kier molecular flexibility index (Phi) is 4.11. The van der Waals surface area contributed by atoms with Gasteiger partial charge in [0.15, 0.2) is 11.5 Å². The summed E-state index contributed by atoms with van der Waals surface area (Å²) < 4.78 is 11.6. The topological polar surface area (TPSA) is 75.1 Å². The van der Waals surface area contributed by atoms with Gasteiger partial charge in [-0.2, -0.15) is 5.26 Å². The van der Waals surface area contributed by atoms with Gasteiger partial charge in [-0.15, -0.1) is 0 Å². The predicted molar refractivity (Wildman–Crippen MR) is 114 cm³/mol. The Morgan fingerprint density at radius 2 is 1.79 bits per heavy atom. The van der Waals surface area contributed by atoms with E-state index in [1.54, 1.807) is 6.07 Å². The average Bonchev–Trinajstić information content (AvgIpc) is 3.23. The normalized spacial score (nSPS) is 12.1. The van der Waals surface area contributed by atoms with Crippen molar-refractivity contribution in [1.29, 1.82) is 5.26 Å². The molecule has 1 aromatic heterocycles. The van der Waals surface area contributed by atoms with Crippen LogP contribution in [0.3, 0.4) is 0 Å². The molecule has 0 unspecified atom stereocenters. The van der Waals surface area contributed by atoms with Crippen molar-refractivity contribution in [1.82, 2.24) is 4.98 Å². The summed E-state index contributed by atoms with van der Waals surface area (Å²) in [6, 6.07) is 21.5. The number of hydrogen-bond acceptors (Lipinski definition) is 4. The number of halogens is 1. The minimum absolute atomic E-state index is 0.0501. The third-order valence-corrected chi connectivity index (χ3v) is 5.76. The number of hydrogen-bond donors (Lipinski definition) is 1. The fourth-order valence-corrected chi connectivity index (χ4v) is 4.20. The van der Waals surface area contributed by atoms with Crippen LogP contribution in [0.15, 0.2) is 69.9 Å². The number of H-pyrrole nitrogens is 1. The smallest absolute Gasteiger partial charge is 0.266 e. The molecule has 4 aromatic rings. The summed E-state index contributed by atoms with van der Waals surface area (Å²) in [7, 11) is 0. The van der Waals surface area contributed by atoms with Crippen molar-refractivity contribution in [2.75, 3.05) is 6.79 Å². The van der Waals surface area contributed by atoms with Crippen LogP contribution in [0.1, 0.15) is 5.56 Å². The Morgan fingerprint density at radius 1 is 0.966 bits per heavy atom. The third-order valence-electron chi connectivity index (χ3n) is 4.97. The van der Waals surface area contributed by atoms with Crippen molar-refractivity contribution in [2.45, 2.75) is 0 Å². The van der Waals surface area contributed by atoms with Gasteiger partial charge in [0.25, 0.3) is 5.56 Å². The summed E-state index contributed by atoms with van der Waals surface area (Å²) in [6.07, 6.45) is 0. The molecule has 0 saturated carbocycles. The van der Waals surface area contributed by atoms with Crippen LogP contribution >= 0.6 is 15.9 Å². The van der Waals surface area contributed by atoms with E-state index < -0.39 is 5.56 Å². The highest BCUT2D eigenvalue weighted by Gasteiger charge is 2.22. The molecule has 29 heavy (non-hydrogen) atoms. The van der Waals surface area contributed by atoms with Gasteiger partial charge in [-0.3, -0.25) is 4.79 Å². The van der Waals surface area contributed by atoms with Crippen molar-refractivity contribution in [2.24, 2.45) is 0 Å². The lowest BCUT2D eigenvalue weighted by molar-refractivity contribution is 0.173. The van der Waals surface area contributed by atoms with Gasteiger partial charge in [0.1, 0.15) is 11.6 Å². The molecule has 0 bridgehead atoms. The van der Waals surface area contributed by atoms with Crippen LogP contribution in [-0.2, 0) is 0 Å². The van der Waals surface area contributed by atoms with Crippen molar-refractivity contribution in [3.8, 4) is 40.0 Å². The second kappa shape index (κ2) is 6.80. The summed E-state index contributed by atoms with van der Waals surface area (Å²) in [5, 5.41) is 11.8. The molecule has 1 N–H and O–H groups in total. The molecule has 0 saturated heterocycles. The molecule has 0 radical (unpaired) electrons. The average molecular weight is 445 g/mol. The zero-order valence-corrected chi connectivity index (χ0v) is 16.6. The number of nitrogens with zero attached hydrogens (tertiary/aromatic N) is 1. The number of ether oxygens (including phenoxy) is 2. The first-order chi connectivity index (χ1) is 14.2. The second-order valence-electron chi connectivity index (χ2n) is 6.64. The van der Waals surface area contributed by atoms with Crippen molar-refractivity contribution < 1.29 is 9.47 Å². The van der Waals surface area contributed by atoms with Crippen molar-refractivity contribution in [3.05, 3.63) is 81.1 Å². The molecule has 0 amide bonds. The number of fused-ring (bicyclic) bond motifs is 2. The summed E-state index contributed by atoms with van der Waals surface area (Å²) in [4.78, 5) is 15.5. The van der Waals surface area contributed by atoms with Gasteiger partial charge in [-0.25, -0.2) is 0 Å². The number of aromatic amines is 1. The highest BCUT2D eigenvalue weighted by molar-refractivity contribution is 9.10. The third kappa shape index (κ3) is 2.87. The molecule has 6 heteroatoms. The number of aromatic nitrogens is 1. The molecule has 1 aliphatic rings. The second-order valence-corrected chi connectivity index (χ2v) is 7.43. The van der Waals surface area contributed by atoms with Gasteiger partial charge in [-0.05, 0) is 56.5 Å². The lowest BCUT2D eigenvalue weighted by atomic mass is 9.97. The van der Waals surface area contributed by atoms with E-state index in [-0.39, 0.29) is 12.4 Å². The molecule has 140 valence electrons. The van der Waals surface area contributed by atoms with Crippen LogP contribution in [0.5, 0.6) is 11.5 Å². The maximum absolute atomic E-state index is 12.7. The lowest BCUT2D eigenvalue weighted by Gasteiger charge is -2.11. The molecule has 0 fully saturated rings. The Balaban J connectivity index is 1.73. The van der Waals surface area contributed by atoms with Gasteiger partial charge in [0, 0.05) is 16.8 Å². The highest BCUT2D eigenvalue weighted by atomic mass is 79.9. The van der Waals surface area contributed by atoms with E-state index in [1.807, 2.05) is 60.7 Å². The van der Waals surface area contributed by atoms with Gasteiger partial charge in [-0.1, -0.05) is 36.4 Å². The zero-order chi connectivity index (χ0) is 20.0. The van der Waals surface area contributed by atoms with Gasteiger partial charge < -0.3 is 14.5 Å². The predicted octanol–water partition coefficient (Wildman–Crippen LogP) is 5.22. The minimum atomic E-state index is -0.433. The first kappa shape index (κ1) is 17.5. The Hall–Kier alpha value is -3.56. The SMILES string of the molecule is N#Cc1c(-c2ccc3c(c2Br)OCO3)cc(-c2ccc3ccccc3c2)[nH]c1=O. The summed E-state index contributed by atoms with van der Waals surface area (Å²) >= 11 is 3.54. The zero-order valence-electron chi connectivity index (χ0n) is 15.0. The van der Waals surface area contributed by atoms with Crippen LogP contribution in [0.25, 0.3) is 33.2 Å². The maximum Gasteiger partial charge on any atom is 0.266 e. The van der Waals surface area contributed by atoms with E-state index in [2.05, 4.69) is 20.9 Å². The monoisotopic (exact) mass is 444 g/mol. The molecule has 5 nitrogen and oxygen atoms in total. The van der Waals surface area contributed by atoms with Crippen molar-refractivity contribution in [3.63, 3.8) is 0 Å². The van der Waals surface area contributed by atoms with Gasteiger partial charge >= 0.3 is 0 Å². The Morgan fingerprint density at radius 3 is 2.62 bits per heavy atom. The molecular weight excluding hydrogens is 432 g/mol. The van der Waals surface area contributed by atoms with Crippen LogP contribution in [0, 0.1) is 11.3 Å². The molecular formula is C23H13BrN2O3. The van der Waals surface area contributed by atoms with E-state index >= 15 is 0 Å². The number of rotatable bonds is 2. The first-order valence-electron chi connectivity index (χ1n) is 8.91. The molecule has 2 heterocycles. The molecule has 3 aromatic carbocycles. The van der Waals surface area contributed by atoms with Crippen LogP contribution in [0.2, 0.25) is 0 Å². The summed E-state index contributed by atoms with van der Waals surface area (Å²) in [5.74, 6) is 1.19. The standard InChI is InChI=1S/C23H13BrN2O3/c24-21-16(7-8-20-22(21)29-12-28-20)17-10-19(26-23(27)18(17)11-25)15-6-5-13-3-1-2-4-14(13)9-15/h1-10H,12H2,(H,26,27). The summed E-state index contributed by atoms with van der Waals surface area (Å²) in [6.45, 7) is 0.139. The molecule has 5 rings (SSSR count). The molecule has 0 spiro atoms. The van der Waals surface area contributed by atoms with Crippen molar-refractivity contribution >= 4 is 26.7 Å². The largest absolute Gasteiger partial charge is 0.454 e. The number of pyridine rings is 1. The number of benzene rings is 3. The van der Waals surface area contributed by atoms with E-state index in [4.69, 9.17) is 9.47 Å².